The van der Waals surface area contributed by atoms with Crippen LogP contribution >= 0.6 is 35.0 Å². The van der Waals surface area contributed by atoms with E-state index >= 15 is 0 Å². The number of rotatable bonds is 3. The summed E-state index contributed by atoms with van der Waals surface area (Å²) in [5.74, 6) is 1.23. The fraction of sp³-hybridized carbons (Fsp3) is 0.381. The molecule has 1 saturated heterocycles. The molecule has 2 aromatic rings. The highest BCUT2D eigenvalue weighted by Crippen LogP contribution is 2.47. The van der Waals surface area contributed by atoms with Crippen LogP contribution in [0.2, 0.25) is 10.0 Å². The monoisotopic (exact) mass is 405 g/mol. The van der Waals surface area contributed by atoms with Gasteiger partial charge in [-0.25, -0.2) is 0 Å². The van der Waals surface area contributed by atoms with Gasteiger partial charge >= 0.3 is 0 Å². The maximum Gasteiger partial charge on any atom is 0.234 e. The van der Waals surface area contributed by atoms with E-state index in [4.69, 9.17) is 23.2 Å². The van der Waals surface area contributed by atoms with E-state index in [1.807, 2.05) is 60.3 Å². The Kier molecular flexibility index (Phi) is 5.22. The van der Waals surface area contributed by atoms with Gasteiger partial charge in [-0.15, -0.1) is 11.8 Å². The third kappa shape index (κ3) is 3.26. The Bertz CT molecular complexity index is 785. The second-order valence-corrected chi connectivity index (χ2v) is 9.13. The van der Waals surface area contributed by atoms with Crippen molar-refractivity contribution in [3.8, 4) is 0 Å². The Hall–Kier alpha value is -1.16. The number of halogens is 2. The Morgan fingerprint density at radius 1 is 0.962 bits per heavy atom. The Labute approximate surface area is 168 Å². The molecule has 1 saturated carbocycles. The van der Waals surface area contributed by atoms with Crippen LogP contribution in [0.15, 0.2) is 48.5 Å². The zero-order chi connectivity index (χ0) is 18.1. The van der Waals surface area contributed by atoms with Crippen LogP contribution in [0.1, 0.15) is 42.2 Å². The zero-order valence-corrected chi connectivity index (χ0v) is 16.8. The van der Waals surface area contributed by atoms with Gasteiger partial charge in [0, 0.05) is 22.3 Å². The van der Waals surface area contributed by atoms with Crippen molar-refractivity contribution >= 4 is 40.9 Å². The predicted molar refractivity (Wildman–Crippen MR) is 110 cm³/mol. The molecule has 0 bridgehead atoms. The zero-order valence-electron chi connectivity index (χ0n) is 14.5. The number of carbonyl (C=O) groups is 1. The highest BCUT2D eigenvalue weighted by atomic mass is 35.5. The molecule has 5 heteroatoms. The minimum Gasteiger partial charge on any atom is -0.325 e. The average molecular weight is 406 g/mol. The van der Waals surface area contributed by atoms with Crippen LogP contribution in [0, 0.1) is 0 Å². The highest BCUT2D eigenvalue weighted by molar-refractivity contribution is 7.99. The van der Waals surface area contributed by atoms with Crippen LogP contribution in [0.25, 0.3) is 0 Å². The Morgan fingerprint density at radius 3 is 2.15 bits per heavy atom. The molecule has 2 fully saturated rings. The van der Waals surface area contributed by atoms with Crippen molar-refractivity contribution in [2.24, 2.45) is 0 Å². The Morgan fingerprint density at radius 2 is 1.54 bits per heavy atom. The van der Waals surface area contributed by atoms with Crippen molar-refractivity contribution in [2.45, 2.75) is 36.5 Å². The third-order valence-corrected chi connectivity index (χ3v) is 7.33. The van der Waals surface area contributed by atoms with Crippen molar-refractivity contribution in [1.29, 1.82) is 0 Å². The number of amides is 1. The van der Waals surface area contributed by atoms with Gasteiger partial charge in [-0.3, -0.25) is 4.79 Å². The second kappa shape index (κ2) is 7.46. The molecule has 0 radical (unpaired) electrons. The van der Waals surface area contributed by atoms with Crippen molar-refractivity contribution in [1.82, 2.24) is 4.90 Å². The topological polar surface area (TPSA) is 20.3 Å². The first-order valence-electron chi connectivity index (χ1n) is 9.04. The second-order valence-electron chi connectivity index (χ2n) is 7.07. The summed E-state index contributed by atoms with van der Waals surface area (Å²) < 4.78 is 0. The summed E-state index contributed by atoms with van der Waals surface area (Å²) in [6.07, 6.45) is 4.03. The van der Waals surface area contributed by atoms with E-state index in [1.165, 1.54) is 0 Å². The number of hydrogen-bond acceptors (Lipinski definition) is 2. The first-order chi connectivity index (χ1) is 12.6. The van der Waals surface area contributed by atoms with E-state index in [0.717, 1.165) is 54.1 Å². The molecule has 1 aliphatic heterocycles. The number of benzene rings is 2. The van der Waals surface area contributed by atoms with E-state index < -0.39 is 5.41 Å². The highest BCUT2D eigenvalue weighted by Gasteiger charge is 2.47. The van der Waals surface area contributed by atoms with Crippen molar-refractivity contribution in [3.63, 3.8) is 0 Å². The van der Waals surface area contributed by atoms with Crippen LogP contribution in [0.3, 0.4) is 0 Å². The smallest absolute Gasteiger partial charge is 0.234 e. The maximum atomic E-state index is 13.8. The summed E-state index contributed by atoms with van der Waals surface area (Å²) in [6.45, 7) is 0.798. The molecule has 2 nitrogen and oxygen atoms in total. The molecule has 136 valence electrons. The summed E-state index contributed by atoms with van der Waals surface area (Å²) >= 11 is 13.9. The van der Waals surface area contributed by atoms with Crippen LogP contribution in [-0.2, 0) is 10.2 Å². The maximum absolute atomic E-state index is 13.8. The molecule has 26 heavy (non-hydrogen) atoms. The molecule has 1 heterocycles. The van der Waals surface area contributed by atoms with Gasteiger partial charge in [-0.1, -0.05) is 60.3 Å². The fourth-order valence-corrected chi connectivity index (χ4v) is 5.74. The average Bonchev–Trinajstić information content (AvgIpc) is 3.33. The summed E-state index contributed by atoms with van der Waals surface area (Å²) in [5.41, 5.74) is 1.85. The lowest BCUT2D eigenvalue weighted by Gasteiger charge is -2.35. The number of thioether (sulfide) groups is 1. The van der Waals surface area contributed by atoms with Gasteiger partial charge in [-0.05, 0) is 48.2 Å². The van der Waals surface area contributed by atoms with E-state index in [2.05, 4.69) is 4.90 Å². The number of hydrogen-bond donors (Lipinski definition) is 0. The lowest BCUT2D eigenvalue weighted by atomic mass is 9.77. The normalized spacial score (nSPS) is 21.9. The van der Waals surface area contributed by atoms with Crippen molar-refractivity contribution < 1.29 is 4.79 Å². The molecular weight excluding hydrogens is 385 g/mol. The van der Waals surface area contributed by atoms with Gasteiger partial charge in [0.05, 0.1) is 5.41 Å². The minimum absolute atomic E-state index is 0.0736. The molecule has 1 atom stereocenters. The van der Waals surface area contributed by atoms with Gasteiger partial charge in [-0.2, -0.15) is 0 Å². The van der Waals surface area contributed by atoms with Gasteiger partial charge in [0.2, 0.25) is 5.91 Å². The van der Waals surface area contributed by atoms with Crippen LogP contribution < -0.4 is 0 Å². The van der Waals surface area contributed by atoms with Gasteiger partial charge < -0.3 is 4.90 Å². The third-order valence-electron chi connectivity index (χ3n) is 5.57. The first-order valence-corrected chi connectivity index (χ1v) is 10.8. The van der Waals surface area contributed by atoms with Crippen molar-refractivity contribution in [2.75, 3.05) is 12.3 Å². The first kappa shape index (κ1) is 18.2. The molecule has 4 rings (SSSR count). The van der Waals surface area contributed by atoms with E-state index in [1.54, 1.807) is 0 Å². The molecule has 1 unspecified atom stereocenters. The molecule has 0 aromatic heterocycles. The lowest BCUT2D eigenvalue weighted by Crippen LogP contribution is -2.45. The molecule has 1 amide bonds. The van der Waals surface area contributed by atoms with Crippen LogP contribution in [0.5, 0.6) is 0 Å². The van der Waals surface area contributed by atoms with E-state index in [-0.39, 0.29) is 11.3 Å². The summed E-state index contributed by atoms with van der Waals surface area (Å²) in [7, 11) is 0. The SMILES string of the molecule is O=C(N1CCSC1c1ccc(Cl)cc1)C1(c2ccc(Cl)cc2)CCCC1. The molecular formula is C21H21Cl2NOS. The van der Waals surface area contributed by atoms with Gasteiger partial charge in [0.25, 0.3) is 0 Å². The van der Waals surface area contributed by atoms with Crippen LogP contribution in [-0.4, -0.2) is 23.1 Å². The summed E-state index contributed by atoms with van der Waals surface area (Å²) in [4.78, 5) is 15.8. The molecule has 2 aliphatic rings. The predicted octanol–water partition coefficient (Wildman–Crippen LogP) is 6.08. The number of nitrogens with zero attached hydrogens (tertiary/aromatic N) is 1. The molecule has 2 aromatic carbocycles. The minimum atomic E-state index is -0.403. The fourth-order valence-electron chi connectivity index (χ4n) is 4.23. The quantitative estimate of drug-likeness (QED) is 0.616. The summed E-state index contributed by atoms with van der Waals surface area (Å²) in [6, 6.07) is 15.8. The molecule has 1 aliphatic carbocycles. The van der Waals surface area contributed by atoms with Crippen LogP contribution in [0.4, 0.5) is 0 Å². The van der Waals surface area contributed by atoms with E-state index in [9.17, 15) is 4.79 Å². The Balaban J connectivity index is 1.67. The van der Waals surface area contributed by atoms with Gasteiger partial charge in [0.1, 0.15) is 5.37 Å². The standard InChI is InChI=1S/C21H21Cl2NOS/c22-17-7-3-15(4-8-17)19-24(13-14-26-19)20(25)21(11-1-2-12-21)16-5-9-18(23)10-6-16/h3-10,19H,1-2,11-14H2. The molecule has 0 spiro atoms. The van der Waals surface area contributed by atoms with E-state index in [0.29, 0.717) is 5.02 Å². The van der Waals surface area contributed by atoms with Crippen molar-refractivity contribution in [3.05, 3.63) is 69.7 Å². The summed E-state index contributed by atoms with van der Waals surface area (Å²) in [5, 5.41) is 1.51. The van der Waals surface area contributed by atoms with Gasteiger partial charge in [0.15, 0.2) is 0 Å². The lowest BCUT2D eigenvalue weighted by molar-refractivity contribution is -0.137. The largest absolute Gasteiger partial charge is 0.325 e. The molecule has 0 N–H and O–H groups in total. The number of carbonyl (C=O) groups excluding carboxylic acids is 1.